The molecule has 108 valence electrons. The number of anilines is 1. The lowest BCUT2D eigenvalue weighted by Crippen LogP contribution is -2.14. The van der Waals surface area contributed by atoms with Crippen LogP contribution in [0.5, 0.6) is 0 Å². The second-order valence-electron chi connectivity index (χ2n) is 4.34. The maximum Gasteiger partial charge on any atom is 0.262 e. The maximum atomic E-state index is 13.7. The Kier molecular flexibility index (Phi) is 4.16. The van der Waals surface area contributed by atoms with Crippen LogP contribution in [0.25, 0.3) is 0 Å². The molecular formula is C14H10ClFN2O2S. The van der Waals surface area contributed by atoms with E-state index in [0.29, 0.717) is 5.56 Å². The van der Waals surface area contributed by atoms with Gasteiger partial charge < -0.3 is 0 Å². The fraction of sp³-hybridized carbons (Fsp3) is 0.0714. The average molecular weight is 325 g/mol. The normalized spacial score (nSPS) is 11.0. The van der Waals surface area contributed by atoms with Crippen LogP contribution in [0.4, 0.5) is 10.1 Å². The molecular weight excluding hydrogens is 315 g/mol. The molecule has 0 fully saturated rings. The van der Waals surface area contributed by atoms with Crippen molar-refractivity contribution in [2.75, 3.05) is 4.72 Å². The van der Waals surface area contributed by atoms with Gasteiger partial charge >= 0.3 is 0 Å². The van der Waals surface area contributed by atoms with Crippen LogP contribution in [-0.4, -0.2) is 8.42 Å². The highest BCUT2D eigenvalue weighted by molar-refractivity contribution is 7.92. The minimum absolute atomic E-state index is 0.0183. The molecule has 0 aromatic heterocycles. The van der Waals surface area contributed by atoms with Gasteiger partial charge in [0, 0.05) is 0 Å². The van der Waals surface area contributed by atoms with Gasteiger partial charge in [-0.3, -0.25) is 4.72 Å². The second kappa shape index (κ2) is 5.72. The Morgan fingerprint density at radius 3 is 2.52 bits per heavy atom. The summed E-state index contributed by atoms with van der Waals surface area (Å²) in [6.07, 6.45) is 0. The number of nitrogens with zero attached hydrogens (tertiary/aromatic N) is 1. The van der Waals surface area contributed by atoms with Crippen LogP contribution >= 0.6 is 11.6 Å². The van der Waals surface area contributed by atoms with Crippen LogP contribution in [0.1, 0.15) is 11.1 Å². The number of hydrogen-bond acceptors (Lipinski definition) is 3. The Hall–Kier alpha value is -2.10. The van der Waals surface area contributed by atoms with Crippen LogP contribution in [0, 0.1) is 24.1 Å². The van der Waals surface area contributed by atoms with Gasteiger partial charge in [0.15, 0.2) is 0 Å². The van der Waals surface area contributed by atoms with Gasteiger partial charge in [0.2, 0.25) is 0 Å². The number of aryl methyl sites for hydroxylation is 1. The quantitative estimate of drug-likeness (QED) is 0.940. The van der Waals surface area contributed by atoms with E-state index in [4.69, 9.17) is 16.9 Å². The van der Waals surface area contributed by atoms with Gasteiger partial charge in [0.1, 0.15) is 11.9 Å². The summed E-state index contributed by atoms with van der Waals surface area (Å²) < 4.78 is 40.2. The first kappa shape index (κ1) is 15.3. The molecule has 1 N–H and O–H groups in total. The highest BCUT2D eigenvalue weighted by Crippen LogP contribution is 2.23. The lowest BCUT2D eigenvalue weighted by atomic mass is 10.2. The molecule has 0 heterocycles. The third-order valence-electron chi connectivity index (χ3n) is 2.74. The molecule has 7 heteroatoms. The first-order chi connectivity index (χ1) is 9.83. The molecule has 0 aliphatic carbocycles. The molecule has 0 spiro atoms. The molecule has 0 amide bonds. The zero-order valence-electron chi connectivity index (χ0n) is 10.9. The van der Waals surface area contributed by atoms with E-state index in [1.807, 2.05) is 6.07 Å². The number of nitriles is 1. The highest BCUT2D eigenvalue weighted by atomic mass is 35.5. The van der Waals surface area contributed by atoms with E-state index in [1.54, 1.807) is 13.0 Å². The smallest absolute Gasteiger partial charge is 0.262 e. The average Bonchev–Trinajstić information content (AvgIpc) is 2.42. The largest absolute Gasteiger partial charge is 0.277 e. The first-order valence-electron chi connectivity index (χ1n) is 5.82. The van der Waals surface area contributed by atoms with E-state index in [-0.39, 0.29) is 21.2 Å². The van der Waals surface area contributed by atoms with E-state index in [0.717, 1.165) is 6.07 Å². The number of nitrogens with one attached hydrogen (secondary N) is 1. The molecule has 0 aliphatic heterocycles. The zero-order valence-corrected chi connectivity index (χ0v) is 12.5. The Balaban J connectivity index is 2.39. The Morgan fingerprint density at radius 2 is 1.95 bits per heavy atom. The molecule has 2 aromatic carbocycles. The van der Waals surface area contributed by atoms with Crippen LogP contribution in [0.15, 0.2) is 41.3 Å². The van der Waals surface area contributed by atoms with Crippen molar-refractivity contribution >= 4 is 27.3 Å². The van der Waals surface area contributed by atoms with E-state index in [9.17, 15) is 12.8 Å². The number of sulfonamides is 1. The molecule has 0 saturated carbocycles. The Bertz CT molecular complexity index is 845. The van der Waals surface area contributed by atoms with E-state index >= 15 is 0 Å². The van der Waals surface area contributed by atoms with Crippen molar-refractivity contribution in [2.45, 2.75) is 11.8 Å². The van der Waals surface area contributed by atoms with Crippen molar-refractivity contribution in [2.24, 2.45) is 0 Å². The van der Waals surface area contributed by atoms with Crippen LogP contribution in [-0.2, 0) is 10.0 Å². The summed E-state index contributed by atoms with van der Waals surface area (Å²) in [7, 11) is -3.98. The summed E-state index contributed by atoms with van der Waals surface area (Å²) in [5, 5.41) is 8.78. The fourth-order valence-corrected chi connectivity index (χ4v) is 3.04. The van der Waals surface area contributed by atoms with Gasteiger partial charge in [0.05, 0.1) is 21.2 Å². The van der Waals surface area contributed by atoms with Crippen molar-refractivity contribution in [3.8, 4) is 6.07 Å². The van der Waals surface area contributed by atoms with Gasteiger partial charge in [-0.1, -0.05) is 17.7 Å². The molecule has 0 saturated heterocycles. The molecule has 4 nitrogen and oxygen atoms in total. The van der Waals surface area contributed by atoms with Crippen molar-refractivity contribution in [3.63, 3.8) is 0 Å². The van der Waals surface area contributed by atoms with Gasteiger partial charge in [-0.05, 0) is 42.8 Å². The van der Waals surface area contributed by atoms with Crippen molar-refractivity contribution < 1.29 is 12.8 Å². The monoisotopic (exact) mass is 324 g/mol. The number of rotatable bonds is 3. The lowest BCUT2D eigenvalue weighted by molar-refractivity contribution is 0.598. The maximum absolute atomic E-state index is 13.7. The van der Waals surface area contributed by atoms with E-state index in [1.165, 1.54) is 24.3 Å². The van der Waals surface area contributed by atoms with Gasteiger partial charge in [-0.25, -0.2) is 12.8 Å². The molecule has 0 aliphatic rings. The fourth-order valence-electron chi connectivity index (χ4n) is 1.66. The third kappa shape index (κ3) is 3.32. The van der Waals surface area contributed by atoms with Crippen molar-refractivity contribution in [3.05, 3.63) is 58.4 Å². The second-order valence-corrected chi connectivity index (χ2v) is 6.43. The third-order valence-corrected chi connectivity index (χ3v) is 4.42. The topological polar surface area (TPSA) is 70.0 Å². The van der Waals surface area contributed by atoms with E-state index < -0.39 is 15.8 Å². The molecule has 0 atom stereocenters. The lowest BCUT2D eigenvalue weighted by Gasteiger charge is -2.10. The van der Waals surface area contributed by atoms with Gasteiger partial charge in [0.25, 0.3) is 10.0 Å². The number of halogens is 2. The van der Waals surface area contributed by atoms with Crippen LogP contribution in [0.3, 0.4) is 0 Å². The predicted octanol–water partition coefficient (Wildman–Crippen LogP) is 3.46. The minimum Gasteiger partial charge on any atom is -0.277 e. The van der Waals surface area contributed by atoms with E-state index in [2.05, 4.69) is 4.72 Å². The van der Waals surface area contributed by atoms with Crippen LogP contribution in [0.2, 0.25) is 5.02 Å². The SMILES string of the molecule is Cc1ccc(NS(=O)(=O)c2ccc(C#N)c(Cl)c2)c(F)c1. The molecule has 2 aromatic rings. The van der Waals surface area contributed by atoms with Crippen molar-refractivity contribution in [1.82, 2.24) is 0 Å². The summed E-state index contributed by atoms with van der Waals surface area (Å²) >= 11 is 5.80. The highest BCUT2D eigenvalue weighted by Gasteiger charge is 2.17. The Labute approximate surface area is 126 Å². The summed E-state index contributed by atoms with van der Waals surface area (Å²) in [4.78, 5) is -0.147. The first-order valence-corrected chi connectivity index (χ1v) is 7.68. The van der Waals surface area contributed by atoms with Gasteiger partial charge in [-0.15, -0.1) is 0 Å². The standard InChI is InChI=1S/C14H10ClFN2O2S/c1-9-2-5-14(13(16)6-9)18-21(19,20)11-4-3-10(8-17)12(15)7-11/h2-7,18H,1H3. The number of hydrogen-bond donors (Lipinski definition) is 1. The predicted molar refractivity (Wildman–Crippen MR) is 78.1 cm³/mol. The molecule has 21 heavy (non-hydrogen) atoms. The number of benzene rings is 2. The molecule has 0 radical (unpaired) electrons. The zero-order chi connectivity index (χ0) is 15.6. The van der Waals surface area contributed by atoms with Gasteiger partial charge in [-0.2, -0.15) is 5.26 Å². The Morgan fingerprint density at radius 1 is 1.24 bits per heavy atom. The summed E-state index contributed by atoms with van der Waals surface area (Å²) in [6.45, 7) is 1.70. The van der Waals surface area contributed by atoms with Crippen molar-refractivity contribution in [1.29, 1.82) is 5.26 Å². The summed E-state index contributed by atoms with van der Waals surface area (Å²) in [6, 6.07) is 9.66. The molecule has 0 unspecified atom stereocenters. The summed E-state index contributed by atoms with van der Waals surface area (Å²) in [5.41, 5.74) is 0.690. The summed E-state index contributed by atoms with van der Waals surface area (Å²) in [5.74, 6) is -0.668. The molecule has 0 bridgehead atoms. The molecule has 2 rings (SSSR count). The minimum atomic E-state index is -3.98. The van der Waals surface area contributed by atoms with Crippen LogP contribution < -0.4 is 4.72 Å².